The molecule has 0 spiro atoms. The minimum absolute atomic E-state index is 0.0187. The van der Waals surface area contributed by atoms with Crippen LogP contribution in [-0.4, -0.2) is 11.1 Å². The maximum atomic E-state index is 4.09. The molecule has 0 fully saturated rings. The first-order valence-corrected chi connectivity index (χ1v) is 8.36. The molecular weight excluding hydrogens is 266 g/mol. The Morgan fingerprint density at radius 2 is 1.68 bits per heavy atom. The third-order valence-electron chi connectivity index (χ3n) is 4.61. The fourth-order valence-corrected chi connectivity index (χ4v) is 3.35. The van der Waals surface area contributed by atoms with E-state index < -0.39 is 0 Å². The van der Waals surface area contributed by atoms with Crippen LogP contribution in [-0.2, 0) is 0 Å². The van der Waals surface area contributed by atoms with Crippen molar-refractivity contribution in [2.24, 2.45) is 5.41 Å². The van der Waals surface area contributed by atoms with Crippen molar-refractivity contribution in [2.75, 3.05) is 0 Å². The van der Waals surface area contributed by atoms with E-state index in [4.69, 9.17) is 0 Å². The topological polar surface area (TPSA) is 12.0 Å². The zero-order valence-corrected chi connectivity index (χ0v) is 16.1. The second kappa shape index (κ2) is 6.20. The minimum atomic E-state index is -0.0447. The quantitative estimate of drug-likeness (QED) is 0.634. The molecule has 0 aromatic heterocycles. The first kappa shape index (κ1) is 19.0. The van der Waals surface area contributed by atoms with Gasteiger partial charge in [0.15, 0.2) is 0 Å². The van der Waals surface area contributed by atoms with E-state index in [1.807, 2.05) is 6.08 Å². The molecule has 0 bridgehead atoms. The monoisotopic (exact) mass is 301 g/mol. The largest absolute Gasteiger partial charge is 0.299 e. The second-order valence-corrected chi connectivity index (χ2v) is 8.71. The van der Waals surface area contributed by atoms with Crippen molar-refractivity contribution < 1.29 is 0 Å². The van der Waals surface area contributed by atoms with Gasteiger partial charge in [0.25, 0.3) is 0 Å². The van der Waals surface area contributed by atoms with Gasteiger partial charge in [0.1, 0.15) is 0 Å². The molecule has 1 nitrogen and oxygen atoms in total. The number of rotatable bonds is 3. The molecule has 0 aliphatic carbocycles. The van der Waals surface area contributed by atoms with E-state index >= 15 is 0 Å². The van der Waals surface area contributed by atoms with Crippen LogP contribution in [0.25, 0.3) is 0 Å². The zero-order valence-electron chi connectivity index (χ0n) is 16.1. The van der Waals surface area contributed by atoms with Gasteiger partial charge in [-0.2, -0.15) is 0 Å². The molecule has 1 aliphatic rings. The molecule has 1 N–H and O–H groups in total. The van der Waals surface area contributed by atoms with E-state index in [2.05, 4.69) is 86.4 Å². The molecule has 0 aromatic carbocycles. The van der Waals surface area contributed by atoms with E-state index in [9.17, 15) is 0 Å². The first-order valence-electron chi connectivity index (χ1n) is 8.36. The lowest BCUT2D eigenvalue weighted by atomic mass is 9.72. The molecule has 0 saturated heterocycles. The first-order chi connectivity index (χ1) is 9.85. The summed E-state index contributed by atoms with van der Waals surface area (Å²) >= 11 is 0. The molecule has 1 heteroatoms. The van der Waals surface area contributed by atoms with E-state index in [1.165, 1.54) is 22.3 Å². The van der Waals surface area contributed by atoms with Crippen LogP contribution in [0, 0.1) is 5.41 Å². The van der Waals surface area contributed by atoms with Crippen molar-refractivity contribution in [3.63, 3.8) is 0 Å². The fraction of sp³-hybridized carbons (Fsp3) is 0.619. The van der Waals surface area contributed by atoms with Crippen molar-refractivity contribution in [1.29, 1.82) is 0 Å². The Labute approximate surface area is 138 Å². The third kappa shape index (κ3) is 4.01. The Kier molecular flexibility index (Phi) is 5.34. The third-order valence-corrected chi connectivity index (χ3v) is 4.61. The van der Waals surface area contributed by atoms with Crippen molar-refractivity contribution in [3.8, 4) is 0 Å². The lowest BCUT2D eigenvalue weighted by Gasteiger charge is -2.47. The van der Waals surface area contributed by atoms with E-state index in [0.717, 1.165) is 6.42 Å². The summed E-state index contributed by atoms with van der Waals surface area (Å²) < 4.78 is 0. The molecule has 0 atom stereocenters. The predicted octanol–water partition coefficient (Wildman–Crippen LogP) is 5.96. The maximum absolute atomic E-state index is 4.09. The Morgan fingerprint density at radius 1 is 1.14 bits per heavy atom. The van der Waals surface area contributed by atoms with E-state index in [-0.39, 0.29) is 16.5 Å². The summed E-state index contributed by atoms with van der Waals surface area (Å²) in [6, 6.07) is 0. The highest BCUT2D eigenvalue weighted by Gasteiger charge is 2.40. The molecule has 1 heterocycles. The Hall–Kier alpha value is -1.08. The van der Waals surface area contributed by atoms with Gasteiger partial charge in [-0.05, 0) is 75.7 Å². The van der Waals surface area contributed by atoms with Crippen LogP contribution >= 0.6 is 0 Å². The highest BCUT2D eigenvalue weighted by atomic mass is 15.0. The molecule has 0 unspecified atom stereocenters. The van der Waals surface area contributed by atoms with Crippen LogP contribution in [0.4, 0.5) is 0 Å². The lowest BCUT2D eigenvalue weighted by Crippen LogP contribution is -2.57. The van der Waals surface area contributed by atoms with Gasteiger partial charge in [-0.1, -0.05) is 45.6 Å². The normalized spacial score (nSPS) is 23.9. The van der Waals surface area contributed by atoms with Gasteiger partial charge in [-0.25, -0.2) is 0 Å². The average molecular weight is 302 g/mol. The van der Waals surface area contributed by atoms with Crippen LogP contribution in [0.15, 0.2) is 47.1 Å². The molecule has 1 aliphatic heterocycles. The van der Waals surface area contributed by atoms with Crippen LogP contribution in [0.1, 0.15) is 68.7 Å². The molecule has 0 saturated carbocycles. The summed E-state index contributed by atoms with van der Waals surface area (Å²) in [5, 5.41) is 3.78. The Bertz CT molecular complexity index is 531. The van der Waals surface area contributed by atoms with Gasteiger partial charge in [-0.3, -0.25) is 5.32 Å². The fourth-order valence-electron chi connectivity index (χ4n) is 3.35. The zero-order chi connectivity index (χ0) is 17.3. The minimum Gasteiger partial charge on any atom is -0.299 e. The van der Waals surface area contributed by atoms with Gasteiger partial charge < -0.3 is 0 Å². The summed E-state index contributed by atoms with van der Waals surface area (Å²) in [4.78, 5) is 0. The van der Waals surface area contributed by atoms with Gasteiger partial charge in [-0.15, -0.1) is 0 Å². The molecule has 124 valence electrons. The summed E-state index contributed by atoms with van der Waals surface area (Å²) in [6.45, 7) is 24.4. The summed E-state index contributed by atoms with van der Waals surface area (Å²) in [6.07, 6.45) is 7.67. The highest BCUT2D eigenvalue weighted by Crippen LogP contribution is 2.41. The standard InChI is InChI=1S/C21H35N/c1-11-16(13-14-19(4,5)6)18-15(3)20(7,8)22-21(9,10)17(18)12-2/h11-13,22H,1,14H2,2-10H3/b16-13-,17-12+. The second-order valence-electron chi connectivity index (χ2n) is 8.71. The summed E-state index contributed by atoms with van der Waals surface area (Å²) in [5.41, 5.74) is 5.62. The number of hydrogen-bond donors (Lipinski definition) is 1. The Balaban J connectivity index is 3.52. The SMILES string of the molecule is C=C/C(=C/CC(C)(C)C)C1=C(C)C(C)(C)NC(C)(C)/C1=C/C. The molecule has 1 rings (SSSR count). The maximum Gasteiger partial charge on any atom is 0.0387 e. The summed E-state index contributed by atoms with van der Waals surface area (Å²) in [7, 11) is 0. The van der Waals surface area contributed by atoms with Crippen LogP contribution in [0.2, 0.25) is 0 Å². The number of hydrogen-bond acceptors (Lipinski definition) is 1. The van der Waals surface area contributed by atoms with Gasteiger partial charge >= 0.3 is 0 Å². The molecule has 0 amide bonds. The molecule has 0 radical (unpaired) electrons. The Morgan fingerprint density at radius 3 is 2.09 bits per heavy atom. The summed E-state index contributed by atoms with van der Waals surface area (Å²) in [5.74, 6) is 0. The molecule has 22 heavy (non-hydrogen) atoms. The number of nitrogens with one attached hydrogen (secondary N) is 1. The van der Waals surface area contributed by atoms with Crippen molar-refractivity contribution in [3.05, 3.63) is 47.1 Å². The van der Waals surface area contributed by atoms with Crippen LogP contribution in [0.5, 0.6) is 0 Å². The van der Waals surface area contributed by atoms with Gasteiger partial charge in [0.2, 0.25) is 0 Å². The van der Waals surface area contributed by atoms with Gasteiger partial charge in [0, 0.05) is 11.1 Å². The molecule has 0 aromatic rings. The van der Waals surface area contributed by atoms with Crippen molar-refractivity contribution >= 4 is 0 Å². The number of allylic oxidation sites excluding steroid dienone is 4. The van der Waals surface area contributed by atoms with Crippen molar-refractivity contribution in [2.45, 2.75) is 79.8 Å². The van der Waals surface area contributed by atoms with Crippen molar-refractivity contribution in [1.82, 2.24) is 5.32 Å². The van der Waals surface area contributed by atoms with Crippen LogP contribution < -0.4 is 5.32 Å². The average Bonchev–Trinajstić information content (AvgIpc) is 2.33. The van der Waals surface area contributed by atoms with E-state index in [1.54, 1.807) is 0 Å². The smallest absolute Gasteiger partial charge is 0.0387 e. The molecular formula is C21H35N. The van der Waals surface area contributed by atoms with Crippen LogP contribution in [0.3, 0.4) is 0 Å². The van der Waals surface area contributed by atoms with E-state index in [0.29, 0.717) is 0 Å². The lowest BCUT2D eigenvalue weighted by molar-refractivity contribution is 0.317. The predicted molar refractivity (Wildman–Crippen MR) is 100 cm³/mol. The highest BCUT2D eigenvalue weighted by molar-refractivity contribution is 5.60. The van der Waals surface area contributed by atoms with Gasteiger partial charge in [0.05, 0.1) is 0 Å².